The number of likely N-dealkylation sites (tertiary alicyclic amines) is 1. The minimum atomic E-state index is 0.116. The minimum absolute atomic E-state index is 0.116. The summed E-state index contributed by atoms with van der Waals surface area (Å²) in [6.07, 6.45) is 7.85. The lowest BCUT2D eigenvalue weighted by atomic mass is 10.1. The van der Waals surface area contributed by atoms with Gasteiger partial charge in [0, 0.05) is 30.2 Å². The number of halogens is 1. The predicted molar refractivity (Wildman–Crippen MR) is 100.0 cm³/mol. The molecule has 0 aliphatic carbocycles. The third kappa shape index (κ3) is 3.32. The Balaban J connectivity index is 1.76. The van der Waals surface area contributed by atoms with E-state index in [-0.39, 0.29) is 5.91 Å². The highest BCUT2D eigenvalue weighted by Crippen LogP contribution is 2.29. The highest BCUT2D eigenvalue weighted by atomic mass is 35.5. The first-order chi connectivity index (χ1) is 12.2. The Morgan fingerprint density at radius 2 is 1.60 bits per heavy atom. The monoisotopic (exact) mass is 357 g/mol. The van der Waals surface area contributed by atoms with Gasteiger partial charge < -0.3 is 9.47 Å². The molecule has 4 nitrogen and oxygen atoms in total. The molecule has 0 atom stereocenters. The molecule has 1 amide bonds. The number of amides is 1. The molecule has 2 aromatic rings. The second kappa shape index (κ2) is 7.20. The molecule has 0 radical (unpaired) electrons. The van der Waals surface area contributed by atoms with E-state index in [9.17, 15) is 4.79 Å². The summed E-state index contributed by atoms with van der Waals surface area (Å²) in [6.45, 7) is 2.66. The Labute approximate surface area is 153 Å². The van der Waals surface area contributed by atoms with E-state index < -0.39 is 0 Å². The lowest BCUT2D eigenvalue weighted by Crippen LogP contribution is -2.36. The van der Waals surface area contributed by atoms with Gasteiger partial charge in [-0.2, -0.15) is 0 Å². The van der Waals surface area contributed by atoms with Crippen LogP contribution in [0.5, 0.6) is 0 Å². The Morgan fingerprint density at radius 1 is 0.920 bits per heavy atom. The average molecular weight is 358 g/mol. The maximum atomic E-state index is 13.1. The topological polar surface area (TPSA) is 38.1 Å². The fourth-order valence-electron chi connectivity index (χ4n) is 3.96. The fraction of sp³-hybridized carbons (Fsp3) is 0.500. The molecule has 1 aromatic heterocycles. The number of fused-ring (bicyclic) bond motifs is 1. The number of hydrogen-bond donors (Lipinski definition) is 0. The van der Waals surface area contributed by atoms with Gasteiger partial charge in [0.15, 0.2) is 0 Å². The van der Waals surface area contributed by atoms with Crippen molar-refractivity contribution in [1.82, 2.24) is 14.5 Å². The summed E-state index contributed by atoms with van der Waals surface area (Å²) in [5, 5.41) is 0.719. The Hall–Kier alpha value is -1.81. The number of benzene rings is 1. The van der Waals surface area contributed by atoms with Crippen molar-refractivity contribution in [3.05, 3.63) is 40.7 Å². The summed E-state index contributed by atoms with van der Waals surface area (Å²) in [5.74, 6) is 1.03. The zero-order valence-electron chi connectivity index (χ0n) is 14.5. The van der Waals surface area contributed by atoms with Crippen molar-refractivity contribution in [2.75, 3.05) is 13.1 Å². The van der Waals surface area contributed by atoms with E-state index in [4.69, 9.17) is 16.6 Å². The van der Waals surface area contributed by atoms with E-state index in [1.54, 1.807) is 0 Å². The van der Waals surface area contributed by atoms with Gasteiger partial charge in [0.25, 0.3) is 5.91 Å². The second-order valence-electron chi connectivity index (χ2n) is 7.05. The maximum Gasteiger partial charge on any atom is 0.274 e. The molecule has 0 unspecified atom stereocenters. The number of carbonyl (C=O) groups excluding carboxylic acids is 1. The molecule has 25 heavy (non-hydrogen) atoms. The van der Waals surface area contributed by atoms with Crippen LogP contribution in [0.25, 0.3) is 11.4 Å². The zero-order valence-corrected chi connectivity index (χ0v) is 15.3. The highest BCUT2D eigenvalue weighted by molar-refractivity contribution is 6.30. The van der Waals surface area contributed by atoms with E-state index in [1.807, 2.05) is 29.2 Å². The van der Waals surface area contributed by atoms with Crippen LogP contribution in [0.3, 0.4) is 0 Å². The number of hydrogen-bond acceptors (Lipinski definition) is 2. The van der Waals surface area contributed by atoms with Crippen LogP contribution in [0.15, 0.2) is 24.3 Å². The van der Waals surface area contributed by atoms with Crippen LogP contribution in [0.1, 0.15) is 54.7 Å². The molecule has 0 N–H and O–H groups in total. The summed E-state index contributed by atoms with van der Waals surface area (Å²) < 4.78 is 2.27. The molecule has 5 heteroatoms. The summed E-state index contributed by atoms with van der Waals surface area (Å²) >= 11 is 6.04. The molecule has 1 aromatic carbocycles. The van der Waals surface area contributed by atoms with Crippen molar-refractivity contribution in [2.45, 2.75) is 51.5 Å². The number of piperidine rings is 1. The summed E-state index contributed by atoms with van der Waals surface area (Å²) in [4.78, 5) is 19.9. The van der Waals surface area contributed by atoms with Crippen LogP contribution >= 0.6 is 11.6 Å². The van der Waals surface area contributed by atoms with E-state index in [1.165, 1.54) is 12.8 Å². The second-order valence-corrected chi connectivity index (χ2v) is 7.49. The van der Waals surface area contributed by atoms with Gasteiger partial charge in [0.1, 0.15) is 11.5 Å². The fourth-order valence-corrected chi connectivity index (χ4v) is 4.08. The van der Waals surface area contributed by atoms with E-state index in [0.29, 0.717) is 5.69 Å². The third-order valence-electron chi connectivity index (χ3n) is 5.32. The molecule has 0 bridgehead atoms. The lowest BCUT2D eigenvalue weighted by Gasteiger charge is -2.26. The van der Waals surface area contributed by atoms with Crippen molar-refractivity contribution in [3.63, 3.8) is 0 Å². The van der Waals surface area contributed by atoms with Crippen molar-refractivity contribution in [3.8, 4) is 11.4 Å². The maximum absolute atomic E-state index is 13.1. The molecule has 132 valence electrons. The first-order valence-electron chi connectivity index (χ1n) is 9.38. The third-order valence-corrected chi connectivity index (χ3v) is 5.57. The quantitative estimate of drug-likeness (QED) is 0.790. The van der Waals surface area contributed by atoms with Gasteiger partial charge >= 0.3 is 0 Å². The molecular weight excluding hydrogens is 334 g/mol. The van der Waals surface area contributed by atoms with Crippen molar-refractivity contribution in [1.29, 1.82) is 0 Å². The number of rotatable bonds is 2. The number of aromatic nitrogens is 2. The van der Waals surface area contributed by atoms with Gasteiger partial charge in [-0.3, -0.25) is 4.79 Å². The molecule has 4 rings (SSSR count). The summed E-state index contributed by atoms with van der Waals surface area (Å²) in [7, 11) is 0. The van der Waals surface area contributed by atoms with Gasteiger partial charge in [-0.25, -0.2) is 4.98 Å². The van der Waals surface area contributed by atoms with Gasteiger partial charge in [-0.15, -0.1) is 0 Å². The zero-order chi connectivity index (χ0) is 17.2. The summed E-state index contributed by atoms with van der Waals surface area (Å²) in [6, 6.07) is 7.78. The van der Waals surface area contributed by atoms with Crippen molar-refractivity contribution >= 4 is 17.5 Å². The molecule has 0 spiro atoms. The average Bonchev–Trinajstić information content (AvgIpc) is 2.84. The largest absolute Gasteiger partial charge is 0.337 e. The van der Waals surface area contributed by atoms with Crippen LogP contribution in [-0.4, -0.2) is 33.4 Å². The van der Waals surface area contributed by atoms with Crippen molar-refractivity contribution in [2.24, 2.45) is 0 Å². The first-order valence-corrected chi connectivity index (χ1v) is 9.76. The molecular formula is C20H24ClN3O. The smallest absolute Gasteiger partial charge is 0.274 e. The normalized spacial score (nSPS) is 17.9. The highest BCUT2D eigenvalue weighted by Gasteiger charge is 2.28. The van der Waals surface area contributed by atoms with E-state index in [2.05, 4.69) is 4.57 Å². The van der Waals surface area contributed by atoms with Crippen LogP contribution in [0, 0.1) is 0 Å². The van der Waals surface area contributed by atoms with Crippen molar-refractivity contribution < 1.29 is 4.79 Å². The first kappa shape index (κ1) is 16.6. The number of nitrogens with zero attached hydrogens (tertiary/aromatic N) is 3. The van der Waals surface area contributed by atoms with Gasteiger partial charge in [0.05, 0.1) is 5.69 Å². The molecule has 2 aliphatic heterocycles. The molecule has 3 heterocycles. The predicted octanol–water partition coefficient (Wildman–Crippen LogP) is 4.56. The van der Waals surface area contributed by atoms with Crippen LogP contribution < -0.4 is 0 Å². The van der Waals surface area contributed by atoms with Gasteiger partial charge in [-0.05, 0) is 62.8 Å². The van der Waals surface area contributed by atoms with Gasteiger partial charge in [-0.1, -0.05) is 18.0 Å². The lowest BCUT2D eigenvalue weighted by molar-refractivity contribution is 0.0717. The SMILES string of the molecule is O=C(c1nc(-c2ccc(Cl)cc2)n2c1CCCCC2)N1CCCCC1. The van der Waals surface area contributed by atoms with E-state index >= 15 is 0 Å². The minimum Gasteiger partial charge on any atom is -0.337 e. The Kier molecular flexibility index (Phi) is 4.80. The van der Waals surface area contributed by atoms with Crippen LogP contribution in [0.2, 0.25) is 5.02 Å². The number of imidazole rings is 1. The van der Waals surface area contributed by atoms with E-state index in [0.717, 1.165) is 73.8 Å². The Bertz CT molecular complexity index is 760. The molecule has 1 fully saturated rings. The number of carbonyl (C=O) groups is 1. The molecule has 2 aliphatic rings. The summed E-state index contributed by atoms with van der Waals surface area (Å²) in [5.41, 5.74) is 2.83. The van der Waals surface area contributed by atoms with Crippen LogP contribution in [-0.2, 0) is 13.0 Å². The standard InChI is InChI=1S/C20H24ClN3O/c21-16-10-8-15(9-11-16)19-22-18(17-7-3-1-6-14-24(17)19)20(25)23-12-4-2-5-13-23/h8-11H,1-7,12-14H2. The molecule has 0 saturated carbocycles. The Morgan fingerprint density at radius 3 is 2.36 bits per heavy atom. The van der Waals surface area contributed by atoms with Crippen LogP contribution in [0.4, 0.5) is 0 Å². The van der Waals surface area contributed by atoms with Gasteiger partial charge in [0.2, 0.25) is 0 Å². The molecule has 1 saturated heterocycles.